The van der Waals surface area contributed by atoms with Crippen LogP contribution in [0.25, 0.3) is 10.8 Å². The van der Waals surface area contributed by atoms with Gasteiger partial charge in [-0.2, -0.15) is 18.3 Å². The summed E-state index contributed by atoms with van der Waals surface area (Å²) < 4.78 is 40.9. The number of hydrogen-bond acceptors (Lipinski definition) is 6. The van der Waals surface area contributed by atoms with Gasteiger partial charge < -0.3 is 5.32 Å². The van der Waals surface area contributed by atoms with Crippen LogP contribution >= 0.6 is 0 Å². The van der Waals surface area contributed by atoms with Gasteiger partial charge in [-0.15, -0.1) is 0 Å². The van der Waals surface area contributed by atoms with Gasteiger partial charge in [0.15, 0.2) is 5.78 Å². The number of pyridine rings is 1. The number of aromatic nitrogens is 3. The van der Waals surface area contributed by atoms with E-state index in [4.69, 9.17) is 10.8 Å². The van der Waals surface area contributed by atoms with Crippen LogP contribution in [-0.4, -0.2) is 32.4 Å². The van der Waals surface area contributed by atoms with Crippen LogP contribution in [0.2, 0.25) is 0 Å². The monoisotopic (exact) mass is 432 g/mol. The van der Waals surface area contributed by atoms with Gasteiger partial charge in [-0.1, -0.05) is 0 Å². The number of carbonyl (C=O) groups is 2. The summed E-state index contributed by atoms with van der Waals surface area (Å²) in [5.74, 6) is -1.37. The lowest BCUT2D eigenvalue weighted by atomic mass is 10.1. The summed E-state index contributed by atoms with van der Waals surface area (Å²) in [6.45, 7) is 0.485. The first-order valence-electron chi connectivity index (χ1n) is 8.71. The van der Waals surface area contributed by atoms with Crippen molar-refractivity contribution in [3.63, 3.8) is 0 Å². The minimum absolute atomic E-state index is 0.00439. The van der Waals surface area contributed by atoms with E-state index in [-0.39, 0.29) is 27.6 Å². The van der Waals surface area contributed by atoms with Crippen LogP contribution in [-0.2, 0) is 17.5 Å². The highest BCUT2D eigenvalue weighted by atomic mass is 19.4. The highest BCUT2D eigenvalue weighted by Crippen LogP contribution is 2.31. The highest BCUT2D eigenvalue weighted by molar-refractivity contribution is 6.05. The van der Waals surface area contributed by atoms with Crippen molar-refractivity contribution in [2.24, 2.45) is 0 Å². The molecule has 160 valence electrons. The molecule has 0 radical (unpaired) electrons. The lowest BCUT2D eigenvalue weighted by Crippen LogP contribution is -2.31. The van der Waals surface area contributed by atoms with E-state index < -0.39 is 35.5 Å². The summed E-state index contributed by atoms with van der Waals surface area (Å²) in [5, 5.41) is 20.7. The summed E-state index contributed by atoms with van der Waals surface area (Å²) >= 11 is 0. The van der Waals surface area contributed by atoms with Crippen molar-refractivity contribution in [3.8, 4) is 0 Å². The average molecular weight is 432 g/mol. The molecule has 0 spiro atoms. The van der Waals surface area contributed by atoms with E-state index in [1.54, 1.807) is 0 Å². The Labute approximate surface area is 171 Å². The Balaban J connectivity index is 2.00. The zero-order valence-corrected chi connectivity index (χ0v) is 15.9. The van der Waals surface area contributed by atoms with Crippen LogP contribution in [0.1, 0.15) is 23.0 Å². The van der Waals surface area contributed by atoms with Crippen molar-refractivity contribution in [1.29, 1.82) is 10.8 Å². The van der Waals surface area contributed by atoms with Crippen LogP contribution in [0.15, 0.2) is 41.3 Å². The zero-order chi connectivity index (χ0) is 22.9. The Morgan fingerprint density at radius 1 is 1.19 bits per heavy atom. The maximum Gasteiger partial charge on any atom is 0.416 e. The molecule has 2 heterocycles. The molecule has 0 saturated carbocycles. The first-order valence-corrected chi connectivity index (χ1v) is 8.71. The predicted octanol–water partition coefficient (Wildman–Crippen LogP) is 1.99. The van der Waals surface area contributed by atoms with Gasteiger partial charge in [-0.25, -0.2) is 4.68 Å². The molecule has 3 aromatic rings. The van der Waals surface area contributed by atoms with Crippen molar-refractivity contribution < 1.29 is 22.8 Å². The van der Waals surface area contributed by atoms with Crippen LogP contribution in [0, 0.1) is 10.8 Å². The Morgan fingerprint density at radius 2 is 1.90 bits per heavy atom. The van der Waals surface area contributed by atoms with Crippen molar-refractivity contribution in [2.75, 3.05) is 5.32 Å². The number of rotatable bonds is 5. The molecule has 0 fully saturated rings. The number of alkyl halides is 3. The van der Waals surface area contributed by atoms with Crippen LogP contribution in [0.4, 0.5) is 18.9 Å². The van der Waals surface area contributed by atoms with Gasteiger partial charge in [0.05, 0.1) is 23.0 Å². The second-order valence-electron chi connectivity index (χ2n) is 6.51. The SMILES string of the molecule is CC(=O)c1nn(CC(=O)Nc2ccc(=N)n(C=N)c2)c(=O)c2ccc(C(F)(F)F)cc12. The summed E-state index contributed by atoms with van der Waals surface area (Å²) in [4.78, 5) is 37.0. The molecule has 3 N–H and O–H groups in total. The van der Waals surface area contributed by atoms with E-state index in [0.29, 0.717) is 10.7 Å². The molecule has 12 heteroatoms. The number of amides is 1. The van der Waals surface area contributed by atoms with Gasteiger partial charge >= 0.3 is 6.18 Å². The fourth-order valence-corrected chi connectivity index (χ4v) is 2.86. The number of anilines is 1. The number of benzene rings is 1. The Hall–Kier alpha value is -4.09. The van der Waals surface area contributed by atoms with Crippen LogP contribution < -0.4 is 16.4 Å². The second kappa shape index (κ2) is 7.97. The van der Waals surface area contributed by atoms with E-state index in [2.05, 4.69) is 10.4 Å². The quantitative estimate of drug-likeness (QED) is 0.323. The average Bonchev–Trinajstić information content (AvgIpc) is 2.70. The van der Waals surface area contributed by atoms with Gasteiger partial charge in [-0.3, -0.25) is 29.8 Å². The maximum absolute atomic E-state index is 13.0. The normalized spacial score (nSPS) is 11.4. The molecule has 1 aromatic carbocycles. The molecule has 0 saturated heterocycles. The number of fused-ring (bicyclic) bond motifs is 1. The first kappa shape index (κ1) is 21.6. The lowest BCUT2D eigenvalue weighted by Gasteiger charge is -2.12. The van der Waals surface area contributed by atoms with Gasteiger partial charge in [0.2, 0.25) is 5.91 Å². The molecule has 1 amide bonds. The number of nitrogens with one attached hydrogen (secondary N) is 3. The van der Waals surface area contributed by atoms with Crippen molar-refractivity contribution in [2.45, 2.75) is 19.6 Å². The van der Waals surface area contributed by atoms with Crippen LogP contribution in [0.3, 0.4) is 0 Å². The summed E-state index contributed by atoms with van der Waals surface area (Å²) in [6, 6.07) is 5.10. The number of hydrogen-bond donors (Lipinski definition) is 3. The van der Waals surface area contributed by atoms with Crippen LogP contribution in [0.5, 0.6) is 0 Å². The summed E-state index contributed by atoms with van der Waals surface area (Å²) in [6.07, 6.45) is -2.50. The zero-order valence-electron chi connectivity index (χ0n) is 15.9. The third kappa shape index (κ3) is 4.42. The Morgan fingerprint density at radius 3 is 2.52 bits per heavy atom. The largest absolute Gasteiger partial charge is 0.416 e. The maximum atomic E-state index is 13.0. The number of Topliss-reactive ketones (excluding diaryl/α,β-unsaturated/α-hetero) is 1. The molecule has 2 aromatic heterocycles. The van der Waals surface area contributed by atoms with Gasteiger partial charge in [0.1, 0.15) is 17.7 Å². The fraction of sp³-hybridized carbons (Fsp3) is 0.158. The smallest absolute Gasteiger partial charge is 0.323 e. The predicted molar refractivity (Wildman–Crippen MR) is 104 cm³/mol. The number of halogens is 3. The van der Waals surface area contributed by atoms with Crippen molar-refractivity contribution in [3.05, 3.63) is 63.6 Å². The van der Waals surface area contributed by atoms with Crippen molar-refractivity contribution >= 4 is 34.5 Å². The topological polar surface area (TPSA) is 134 Å². The molecular formula is C19H15F3N6O3. The standard InChI is InChI=1S/C19H15F3N6O3/c1-10(29)17-14-6-11(19(20,21)22)2-4-13(14)18(31)28(26-17)8-16(30)25-12-3-5-15(24)27(7-12)9-23/h2-7,9,23-24H,8H2,1H3,(H,25,30). The molecule has 0 atom stereocenters. The highest BCUT2D eigenvalue weighted by Gasteiger charge is 2.31. The molecule has 9 nitrogen and oxygen atoms in total. The molecule has 0 aliphatic carbocycles. The van der Waals surface area contributed by atoms with Crippen molar-refractivity contribution in [1.82, 2.24) is 14.3 Å². The van der Waals surface area contributed by atoms with E-state index in [0.717, 1.165) is 30.0 Å². The summed E-state index contributed by atoms with van der Waals surface area (Å²) in [5.41, 5.74) is -1.99. The fourth-order valence-electron chi connectivity index (χ4n) is 2.86. The minimum Gasteiger partial charge on any atom is -0.323 e. The van der Waals surface area contributed by atoms with Gasteiger partial charge in [0, 0.05) is 18.5 Å². The molecule has 0 aliphatic rings. The van der Waals surface area contributed by atoms with E-state index >= 15 is 0 Å². The first-order chi connectivity index (χ1) is 14.5. The van der Waals surface area contributed by atoms with E-state index in [1.807, 2.05) is 0 Å². The van der Waals surface area contributed by atoms with E-state index in [1.165, 1.54) is 18.3 Å². The second-order valence-corrected chi connectivity index (χ2v) is 6.51. The summed E-state index contributed by atoms with van der Waals surface area (Å²) in [7, 11) is 0. The Bertz CT molecular complexity index is 1340. The lowest BCUT2D eigenvalue weighted by molar-refractivity contribution is -0.137. The molecule has 0 bridgehead atoms. The minimum atomic E-state index is -4.67. The van der Waals surface area contributed by atoms with Gasteiger partial charge in [0.25, 0.3) is 5.56 Å². The third-order valence-corrected chi connectivity index (χ3v) is 4.31. The molecule has 3 rings (SSSR count). The number of nitrogens with zero attached hydrogens (tertiary/aromatic N) is 3. The molecular weight excluding hydrogens is 417 g/mol. The molecule has 0 unspecified atom stereocenters. The number of carbonyl (C=O) groups excluding carboxylic acids is 2. The Kier molecular flexibility index (Phi) is 5.56. The molecule has 0 aliphatic heterocycles. The third-order valence-electron chi connectivity index (χ3n) is 4.31. The number of ketones is 1. The van der Waals surface area contributed by atoms with Gasteiger partial charge in [-0.05, 0) is 30.3 Å². The molecule has 31 heavy (non-hydrogen) atoms. The van der Waals surface area contributed by atoms with E-state index in [9.17, 15) is 27.6 Å².